The highest BCUT2D eigenvalue weighted by Crippen LogP contribution is 2.24. The lowest BCUT2D eigenvalue weighted by Gasteiger charge is -2.14. The Morgan fingerprint density at radius 3 is 2.82 bits per heavy atom. The molecule has 94 valence electrons. The third-order valence-corrected chi connectivity index (χ3v) is 4.41. The lowest BCUT2D eigenvalue weighted by molar-refractivity contribution is 0.214. The van der Waals surface area contributed by atoms with E-state index in [1.165, 1.54) is 18.2 Å². The first kappa shape index (κ1) is 12.3. The van der Waals surface area contributed by atoms with Gasteiger partial charge in [-0.05, 0) is 24.6 Å². The quantitative estimate of drug-likeness (QED) is 0.876. The zero-order valence-corrected chi connectivity index (χ0v) is 9.91. The molecule has 0 aliphatic carbocycles. The lowest BCUT2D eigenvalue weighted by Crippen LogP contribution is -2.18. The molecule has 1 aromatic carbocycles. The Bertz CT molecular complexity index is 512. The van der Waals surface area contributed by atoms with Gasteiger partial charge in [-0.25, -0.2) is 12.8 Å². The van der Waals surface area contributed by atoms with Crippen LogP contribution in [0.2, 0.25) is 0 Å². The molecular formula is C11H13FO4S. The lowest BCUT2D eigenvalue weighted by atomic mass is 10.2. The Morgan fingerprint density at radius 2 is 2.24 bits per heavy atom. The molecule has 1 aromatic rings. The second-order valence-corrected chi connectivity index (χ2v) is 6.28. The van der Waals surface area contributed by atoms with Crippen LogP contribution in [0, 0.1) is 5.82 Å². The molecule has 0 amide bonds. The van der Waals surface area contributed by atoms with Gasteiger partial charge in [0, 0.05) is 5.56 Å². The van der Waals surface area contributed by atoms with Crippen molar-refractivity contribution in [2.45, 2.75) is 19.1 Å². The van der Waals surface area contributed by atoms with Gasteiger partial charge in [0.05, 0.1) is 18.1 Å². The van der Waals surface area contributed by atoms with E-state index < -0.39 is 21.8 Å². The fourth-order valence-corrected chi connectivity index (χ4v) is 3.41. The summed E-state index contributed by atoms with van der Waals surface area (Å²) in [5.74, 6) is -0.0146. The topological polar surface area (TPSA) is 63.6 Å². The van der Waals surface area contributed by atoms with Crippen LogP contribution in [0.5, 0.6) is 5.75 Å². The molecule has 0 aromatic heterocycles. The third kappa shape index (κ3) is 2.95. The summed E-state index contributed by atoms with van der Waals surface area (Å²) in [6.07, 6.45) is 0.0284. The Hall–Kier alpha value is -1.14. The highest BCUT2D eigenvalue weighted by atomic mass is 32.2. The van der Waals surface area contributed by atoms with Gasteiger partial charge in [0.2, 0.25) is 0 Å². The second-order valence-electron chi connectivity index (χ2n) is 4.05. The van der Waals surface area contributed by atoms with Crippen LogP contribution >= 0.6 is 0 Å². The predicted molar refractivity (Wildman–Crippen MR) is 60.0 cm³/mol. The fraction of sp³-hybridized carbons (Fsp3) is 0.455. The first-order valence-electron chi connectivity index (χ1n) is 5.26. The SMILES string of the molecule is O=S1(=O)CCC(Oc2ccc(F)cc2CO)C1. The molecule has 2 rings (SSSR count). The number of aliphatic hydroxyl groups excluding tert-OH is 1. The summed E-state index contributed by atoms with van der Waals surface area (Å²) in [6, 6.07) is 3.81. The predicted octanol–water partition coefficient (Wildman–Crippen LogP) is 0.884. The van der Waals surface area contributed by atoms with E-state index in [1.54, 1.807) is 0 Å². The van der Waals surface area contributed by atoms with Crippen molar-refractivity contribution in [2.24, 2.45) is 0 Å². The van der Waals surface area contributed by atoms with E-state index in [0.29, 0.717) is 17.7 Å². The molecule has 17 heavy (non-hydrogen) atoms. The van der Waals surface area contributed by atoms with Crippen molar-refractivity contribution in [3.8, 4) is 5.75 Å². The summed E-state index contributed by atoms with van der Waals surface area (Å²) in [5, 5.41) is 9.05. The van der Waals surface area contributed by atoms with Gasteiger partial charge in [0.1, 0.15) is 17.7 Å². The van der Waals surface area contributed by atoms with Crippen LogP contribution in [-0.2, 0) is 16.4 Å². The molecule has 1 unspecified atom stereocenters. The van der Waals surface area contributed by atoms with Gasteiger partial charge in [-0.15, -0.1) is 0 Å². The van der Waals surface area contributed by atoms with Crippen LogP contribution in [-0.4, -0.2) is 31.1 Å². The summed E-state index contributed by atoms with van der Waals surface area (Å²) in [4.78, 5) is 0. The number of halogens is 1. The van der Waals surface area contributed by atoms with Crippen LogP contribution in [0.4, 0.5) is 4.39 Å². The molecule has 1 N–H and O–H groups in total. The molecule has 1 aliphatic heterocycles. The number of sulfone groups is 1. The van der Waals surface area contributed by atoms with Crippen molar-refractivity contribution in [3.05, 3.63) is 29.6 Å². The number of ether oxygens (including phenoxy) is 1. The number of aliphatic hydroxyl groups is 1. The van der Waals surface area contributed by atoms with Crippen molar-refractivity contribution in [2.75, 3.05) is 11.5 Å². The molecule has 4 nitrogen and oxygen atoms in total. The maximum absolute atomic E-state index is 12.9. The zero-order valence-electron chi connectivity index (χ0n) is 9.10. The van der Waals surface area contributed by atoms with Crippen molar-refractivity contribution in [1.82, 2.24) is 0 Å². The number of hydrogen-bond donors (Lipinski definition) is 1. The maximum atomic E-state index is 12.9. The van der Waals surface area contributed by atoms with Gasteiger partial charge in [-0.1, -0.05) is 0 Å². The van der Waals surface area contributed by atoms with Gasteiger partial charge in [0.25, 0.3) is 0 Å². The Balaban J connectivity index is 2.14. The monoisotopic (exact) mass is 260 g/mol. The largest absolute Gasteiger partial charge is 0.489 e. The van der Waals surface area contributed by atoms with Crippen molar-refractivity contribution >= 4 is 9.84 Å². The van der Waals surface area contributed by atoms with E-state index in [2.05, 4.69) is 0 Å². The van der Waals surface area contributed by atoms with E-state index in [-0.39, 0.29) is 18.1 Å². The number of benzene rings is 1. The highest BCUT2D eigenvalue weighted by molar-refractivity contribution is 7.91. The van der Waals surface area contributed by atoms with E-state index >= 15 is 0 Å². The number of hydrogen-bond acceptors (Lipinski definition) is 4. The third-order valence-electron chi connectivity index (χ3n) is 2.68. The van der Waals surface area contributed by atoms with Crippen LogP contribution in [0.15, 0.2) is 18.2 Å². The van der Waals surface area contributed by atoms with Crippen LogP contribution in [0.25, 0.3) is 0 Å². The molecule has 0 radical (unpaired) electrons. The van der Waals surface area contributed by atoms with Crippen LogP contribution < -0.4 is 4.74 Å². The minimum atomic E-state index is -3.00. The summed E-state index contributed by atoms with van der Waals surface area (Å²) in [6.45, 7) is -0.341. The van der Waals surface area contributed by atoms with E-state index in [9.17, 15) is 12.8 Å². The molecule has 1 fully saturated rings. The van der Waals surface area contributed by atoms with Gasteiger partial charge in [-0.2, -0.15) is 0 Å². The molecule has 0 spiro atoms. The average Bonchev–Trinajstić information content (AvgIpc) is 2.61. The normalized spacial score (nSPS) is 22.6. The summed E-state index contributed by atoms with van der Waals surface area (Å²) in [5.41, 5.74) is 0.328. The number of rotatable bonds is 3. The minimum absolute atomic E-state index is 0.0186. The Kier molecular flexibility index (Phi) is 3.35. The molecule has 0 bridgehead atoms. The van der Waals surface area contributed by atoms with Gasteiger partial charge < -0.3 is 9.84 Å². The van der Waals surface area contributed by atoms with Crippen LogP contribution in [0.1, 0.15) is 12.0 Å². The maximum Gasteiger partial charge on any atom is 0.154 e. The Morgan fingerprint density at radius 1 is 1.47 bits per heavy atom. The fourth-order valence-electron chi connectivity index (χ4n) is 1.82. The molecule has 1 saturated heterocycles. The molecule has 1 atom stereocenters. The molecule has 1 heterocycles. The second kappa shape index (κ2) is 4.62. The molecular weight excluding hydrogens is 247 g/mol. The standard InChI is InChI=1S/C11H13FO4S/c12-9-1-2-11(8(5-9)6-13)16-10-3-4-17(14,15)7-10/h1-2,5,10,13H,3-4,6-7H2. The summed E-state index contributed by atoms with van der Waals surface area (Å²) < 4.78 is 40.9. The van der Waals surface area contributed by atoms with Gasteiger partial charge in [-0.3, -0.25) is 0 Å². The molecule has 1 aliphatic rings. The van der Waals surface area contributed by atoms with E-state index in [1.807, 2.05) is 0 Å². The van der Waals surface area contributed by atoms with Crippen molar-refractivity contribution in [3.63, 3.8) is 0 Å². The minimum Gasteiger partial charge on any atom is -0.489 e. The van der Waals surface area contributed by atoms with Gasteiger partial charge >= 0.3 is 0 Å². The average molecular weight is 260 g/mol. The zero-order chi connectivity index (χ0) is 12.5. The van der Waals surface area contributed by atoms with Gasteiger partial charge in [0.15, 0.2) is 9.84 Å². The molecule has 0 saturated carbocycles. The van der Waals surface area contributed by atoms with E-state index in [4.69, 9.17) is 9.84 Å². The highest BCUT2D eigenvalue weighted by Gasteiger charge is 2.29. The van der Waals surface area contributed by atoms with Crippen molar-refractivity contribution in [1.29, 1.82) is 0 Å². The van der Waals surface area contributed by atoms with Crippen molar-refractivity contribution < 1.29 is 22.7 Å². The molecule has 6 heteroatoms. The van der Waals surface area contributed by atoms with Crippen LogP contribution in [0.3, 0.4) is 0 Å². The van der Waals surface area contributed by atoms with E-state index in [0.717, 1.165) is 0 Å². The Labute approximate surface area is 98.9 Å². The first-order valence-corrected chi connectivity index (χ1v) is 7.09. The smallest absolute Gasteiger partial charge is 0.154 e. The summed E-state index contributed by atoms with van der Waals surface area (Å²) >= 11 is 0. The summed E-state index contributed by atoms with van der Waals surface area (Å²) in [7, 11) is -3.00. The first-order chi connectivity index (χ1) is 8.00.